The fourth-order valence-electron chi connectivity index (χ4n) is 2.98. The lowest BCUT2D eigenvalue weighted by atomic mass is 9.96. The van der Waals surface area contributed by atoms with E-state index in [1.54, 1.807) is 4.90 Å². The summed E-state index contributed by atoms with van der Waals surface area (Å²) in [5.41, 5.74) is 2.14. The van der Waals surface area contributed by atoms with Gasteiger partial charge in [-0.2, -0.15) is 0 Å². The standard InChI is InChI=1S/C19H30N2O2/c1-4-15(2)17-7-5-6-8-18(17)20-19(22)21(3)12-9-16-10-13-23-14-11-16/h5-8,15-16H,4,9-14H2,1-3H3,(H,20,22). The van der Waals surface area contributed by atoms with Gasteiger partial charge < -0.3 is 15.0 Å². The molecule has 1 heterocycles. The van der Waals surface area contributed by atoms with Crippen molar-refractivity contribution < 1.29 is 9.53 Å². The van der Waals surface area contributed by atoms with Crippen LogP contribution in [0.1, 0.15) is 51.0 Å². The highest BCUT2D eigenvalue weighted by Gasteiger charge is 2.17. The summed E-state index contributed by atoms with van der Waals surface area (Å²) in [7, 11) is 1.88. The lowest BCUT2D eigenvalue weighted by Gasteiger charge is -2.25. The molecule has 2 rings (SSSR count). The predicted molar refractivity (Wildman–Crippen MR) is 95.0 cm³/mol. The largest absolute Gasteiger partial charge is 0.381 e. The number of anilines is 1. The average Bonchev–Trinajstić information content (AvgIpc) is 2.60. The molecule has 1 aromatic rings. The number of nitrogens with zero attached hydrogens (tertiary/aromatic N) is 1. The molecule has 1 atom stereocenters. The van der Waals surface area contributed by atoms with Gasteiger partial charge >= 0.3 is 6.03 Å². The van der Waals surface area contributed by atoms with Gasteiger partial charge in [-0.15, -0.1) is 0 Å². The molecule has 1 fully saturated rings. The van der Waals surface area contributed by atoms with Crippen LogP contribution in [0.2, 0.25) is 0 Å². The Morgan fingerprint density at radius 3 is 2.74 bits per heavy atom. The van der Waals surface area contributed by atoms with Gasteiger partial charge in [-0.05, 0) is 49.1 Å². The number of benzene rings is 1. The molecule has 0 radical (unpaired) electrons. The van der Waals surface area contributed by atoms with Gasteiger partial charge in [0.15, 0.2) is 0 Å². The first kappa shape index (κ1) is 17.8. The number of urea groups is 1. The van der Waals surface area contributed by atoms with Crippen LogP contribution in [0.5, 0.6) is 0 Å². The van der Waals surface area contributed by atoms with Crippen LogP contribution in [-0.2, 0) is 4.74 Å². The van der Waals surface area contributed by atoms with E-state index < -0.39 is 0 Å². The zero-order valence-electron chi connectivity index (χ0n) is 14.7. The third kappa shape index (κ3) is 5.24. The van der Waals surface area contributed by atoms with Crippen LogP contribution in [0, 0.1) is 5.92 Å². The number of hydrogen-bond donors (Lipinski definition) is 1. The van der Waals surface area contributed by atoms with Crippen molar-refractivity contribution in [2.45, 2.75) is 45.4 Å². The maximum absolute atomic E-state index is 12.4. The fraction of sp³-hybridized carbons (Fsp3) is 0.632. The number of carbonyl (C=O) groups is 1. The summed E-state index contributed by atoms with van der Waals surface area (Å²) in [5, 5.41) is 3.08. The van der Waals surface area contributed by atoms with Crippen LogP contribution in [-0.4, -0.2) is 37.7 Å². The normalized spacial score (nSPS) is 16.8. The molecular weight excluding hydrogens is 288 g/mol. The van der Waals surface area contributed by atoms with Crippen molar-refractivity contribution in [2.75, 3.05) is 32.1 Å². The lowest BCUT2D eigenvalue weighted by Crippen LogP contribution is -2.34. The molecule has 1 aliphatic heterocycles. The predicted octanol–water partition coefficient (Wildman–Crippen LogP) is 4.48. The maximum Gasteiger partial charge on any atom is 0.321 e. The molecule has 1 saturated heterocycles. The highest BCUT2D eigenvalue weighted by Crippen LogP contribution is 2.26. The highest BCUT2D eigenvalue weighted by molar-refractivity contribution is 5.90. The van der Waals surface area contributed by atoms with Crippen molar-refractivity contribution in [1.82, 2.24) is 4.90 Å². The molecule has 1 aromatic carbocycles. The molecule has 23 heavy (non-hydrogen) atoms. The topological polar surface area (TPSA) is 41.6 Å². The summed E-state index contributed by atoms with van der Waals surface area (Å²) >= 11 is 0. The summed E-state index contributed by atoms with van der Waals surface area (Å²) < 4.78 is 5.39. The van der Waals surface area contributed by atoms with Crippen molar-refractivity contribution in [3.8, 4) is 0 Å². The van der Waals surface area contributed by atoms with Gasteiger partial charge in [-0.1, -0.05) is 32.0 Å². The molecule has 0 aliphatic carbocycles. The van der Waals surface area contributed by atoms with E-state index in [9.17, 15) is 4.79 Å². The van der Waals surface area contributed by atoms with Crippen molar-refractivity contribution in [2.24, 2.45) is 5.92 Å². The number of nitrogens with one attached hydrogen (secondary N) is 1. The van der Waals surface area contributed by atoms with Crippen LogP contribution >= 0.6 is 0 Å². The molecule has 4 heteroatoms. The number of carbonyl (C=O) groups excluding carboxylic acids is 1. The first-order valence-corrected chi connectivity index (χ1v) is 8.80. The van der Waals surface area contributed by atoms with Crippen molar-refractivity contribution in [3.05, 3.63) is 29.8 Å². The van der Waals surface area contributed by atoms with Gasteiger partial charge in [0.25, 0.3) is 0 Å². The Hall–Kier alpha value is -1.55. The summed E-state index contributed by atoms with van der Waals surface area (Å²) in [6.07, 6.45) is 4.35. The molecule has 1 unspecified atom stereocenters. The first-order chi connectivity index (χ1) is 11.1. The smallest absolute Gasteiger partial charge is 0.321 e. The molecule has 0 bridgehead atoms. The van der Waals surface area contributed by atoms with Crippen molar-refractivity contribution >= 4 is 11.7 Å². The highest BCUT2D eigenvalue weighted by atomic mass is 16.5. The Bertz CT molecular complexity index is 498. The minimum Gasteiger partial charge on any atom is -0.381 e. The van der Waals surface area contributed by atoms with E-state index in [0.717, 1.165) is 51.1 Å². The van der Waals surface area contributed by atoms with Gasteiger partial charge in [0, 0.05) is 32.5 Å². The summed E-state index contributed by atoms with van der Waals surface area (Å²) in [5.74, 6) is 1.13. The second-order valence-electron chi connectivity index (χ2n) is 6.59. The lowest BCUT2D eigenvalue weighted by molar-refractivity contribution is 0.0621. The zero-order chi connectivity index (χ0) is 16.7. The van der Waals surface area contributed by atoms with E-state index in [2.05, 4.69) is 25.2 Å². The number of rotatable bonds is 6. The molecule has 1 aliphatic rings. The van der Waals surface area contributed by atoms with Gasteiger partial charge in [0.2, 0.25) is 0 Å². The molecular formula is C19H30N2O2. The zero-order valence-corrected chi connectivity index (χ0v) is 14.7. The second-order valence-corrected chi connectivity index (χ2v) is 6.59. The maximum atomic E-state index is 12.4. The summed E-state index contributed by atoms with van der Waals surface area (Å²) in [6.45, 7) is 6.89. The van der Waals surface area contributed by atoms with Crippen LogP contribution in [0.15, 0.2) is 24.3 Å². The van der Waals surface area contributed by atoms with Crippen LogP contribution in [0.25, 0.3) is 0 Å². The monoisotopic (exact) mass is 318 g/mol. The fourth-order valence-corrected chi connectivity index (χ4v) is 2.98. The molecule has 0 aromatic heterocycles. The minimum atomic E-state index is -0.0205. The number of amides is 2. The Balaban J connectivity index is 1.88. The van der Waals surface area contributed by atoms with Crippen LogP contribution in [0.4, 0.5) is 10.5 Å². The van der Waals surface area contributed by atoms with E-state index in [4.69, 9.17) is 4.74 Å². The molecule has 2 amide bonds. The molecule has 1 N–H and O–H groups in total. The van der Waals surface area contributed by atoms with Crippen LogP contribution in [0.3, 0.4) is 0 Å². The second kappa shape index (κ2) is 8.92. The third-order valence-corrected chi connectivity index (χ3v) is 4.91. The Labute approximate surface area is 140 Å². The van der Waals surface area contributed by atoms with Crippen LogP contribution < -0.4 is 5.32 Å². The summed E-state index contributed by atoms with van der Waals surface area (Å²) in [6, 6.07) is 8.08. The average molecular weight is 318 g/mol. The van der Waals surface area contributed by atoms with E-state index in [0.29, 0.717) is 11.8 Å². The molecule has 4 nitrogen and oxygen atoms in total. The van der Waals surface area contributed by atoms with Gasteiger partial charge in [0.05, 0.1) is 0 Å². The SMILES string of the molecule is CCC(C)c1ccccc1NC(=O)N(C)CCC1CCOCC1. The first-order valence-electron chi connectivity index (χ1n) is 8.80. The quantitative estimate of drug-likeness (QED) is 0.840. The summed E-state index contributed by atoms with van der Waals surface area (Å²) in [4.78, 5) is 14.2. The van der Waals surface area contributed by atoms with Crippen molar-refractivity contribution in [1.29, 1.82) is 0 Å². The Morgan fingerprint density at radius 1 is 1.35 bits per heavy atom. The minimum absolute atomic E-state index is 0.0205. The number of hydrogen-bond acceptors (Lipinski definition) is 2. The molecule has 128 valence electrons. The molecule has 0 saturated carbocycles. The number of para-hydroxylation sites is 1. The Morgan fingerprint density at radius 2 is 2.04 bits per heavy atom. The van der Waals surface area contributed by atoms with Crippen molar-refractivity contribution in [3.63, 3.8) is 0 Å². The Kier molecular flexibility index (Phi) is 6.90. The number of ether oxygens (including phenoxy) is 1. The van der Waals surface area contributed by atoms with E-state index in [1.165, 1.54) is 5.56 Å². The van der Waals surface area contributed by atoms with E-state index >= 15 is 0 Å². The van der Waals surface area contributed by atoms with Gasteiger partial charge in [0.1, 0.15) is 0 Å². The van der Waals surface area contributed by atoms with Gasteiger partial charge in [-0.3, -0.25) is 0 Å². The van der Waals surface area contributed by atoms with Gasteiger partial charge in [-0.25, -0.2) is 4.79 Å². The molecule has 0 spiro atoms. The third-order valence-electron chi connectivity index (χ3n) is 4.91. The van der Waals surface area contributed by atoms with E-state index in [-0.39, 0.29) is 6.03 Å². The van der Waals surface area contributed by atoms with E-state index in [1.807, 2.05) is 25.2 Å².